The number of hydrogen-bond acceptors (Lipinski definition) is 4. The van der Waals surface area contributed by atoms with Gasteiger partial charge in [-0.05, 0) is 29.7 Å². The smallest absolute Gasteiger partial charge is 0.372 e. The Bertz CT molecular complexity index is 679. The Labute approximate surface area is 134 Å². The van der Waals surface area contributed by atoms with E-state index in [0.29, 0.717) is 24.5 Å². The lowest BCUT2D eigenvalue weighted by Crippen LogP contribution is -2.12. The van der Waals surface area contributed by atoms with Gasteiger partial charge in [0.2, 0.25) is 5.78 Å². The van der Waals surface area contributed by atoms with Crippen molar-refractivity contribution in [2.75, 3.05) is 7.11 Å². The van der Waals surface area contributed by atoms with E-state index in [1.807, 2.05) is 30.3 Å². The standard InChI is InChI=1S/C18H18O5/c1-22-17-11-13(7-9-15(19)18(20)21)8-10-16(17)23-12-14-5-3-2-4-6-14/h2-6,8,10-11H,7,9,12H2,1H3,(H,20,21). The number of benzene rings is 2. The molecule has 0 amide bonds. The number of aryl methyl sites for hydroxylation is 1. The van der Waals surface area contributed by atoms with Crippen molar-refractivity contribution >= 4 is 11.8 Å². The van der Waals surface area contributed by atoms with E-state index in [1.54, 1.807) is 18.2 Å². The number of carboxylic acids is 1. The van der Waals surface area contributed by atoms with E-state index in [9.17, 15) is 9.59 Å². The van der Waals surface area contributed by atoms with Gasteiger partial charge in [-0.1, -0.05) is 36.4 Å². The number of ketones is 1. The van der Waals surface area contributed by atoms with Gasteiger partial charge in [-0.15, -0.1) is 0 Å². The number of carboxylic acid groups (broad SMARTS) is 1. The average Bonchev–Trinajstić information content (AvgIpc) is 2.58. The first kappa shape index (κ1) is 16.5. The number of carbonyl (C=O) groups excluding carboxylic acids is 1. The molecule has 0 aliphatic rings. The summed E-state index contributed by atoms with van der Waals surface area (Å²) in [6.45, 7) is 0.425. The van der Waals surface area contributed by atoms with Crippen molar-refractivity contribution in [2.24, 2.45) is 0 Å². The van der Waals surface area contributed by atoms with Gasteiger partial charge in [0, 0.05) is 6.42 Å². The number of aliphatic carboxylic acids is 1. The Morgan fingerprint density at radius 1 is 1.00 bits per heavy atom. The molecule has 0 aliphatic carbocycles. The first-order valence-corrected chi connectivity index (χ1v) is 7.20. The van der Waals surface area contributed by atoms with Crippen LogP contribution in [0.2, 0.25) is 0 Å². The van der Waals surface area contributed by atoms with Crippen molar-refractivity contribution in [1.29, 1.82) is 0 Å². The molecule has 0 fully saturated rings. The van der Waals surface area contributed by atoms with Gasteiger partial charge in [-0.3, -0.25) is 4.79 Å². The first-order valence-electron chi connectivity index (χ1n) is 7.20. The molecular formula is C18H18O5. The zero-order valence-corrected chi connectivity index (χ0v) is 12.8. The Hall–Kier alpha value is -2.82. The van der Waals surface area contributed by atoms with Crippen LogP contribution in [0.25, 0.3) is 0 Å². The fourth-order valence-electron chi connectivity index (χ4n) is 2.09. The van der Waals surface area contributed by atoms with Gasteiger partial charge in [0.15, 0.2) is 11.5 Å². The fraction of sp³-hybridized carbons (Fsp3) is 0.222. The van der Waals surface area contributed by atoms with Crippen molar-refractivity contribution in [3.05, 3.63) is 59.7 Å². The molecule has 2 aromatic rings. The molecular weight excluding hydrogens is 296 g/mol. The molecule has 1 N–H and O–H groups in total. The summed E-state index contributed by atoms with van der Waals surface area (Å²) in [5.41, 5.74) is 1.87. The zero-order valence-electron chi connectivity index (χ0n) is 12.8. The van der Waals surface area contributed by atoms with Crippen LogP contribution in [-0.4, -0.2) is 24.0 Å². The summed E-state index contributed by atoms with van der Waals surface area (Å²) in [5, 5.41) is 8.59. The summed E-state index contributed by atoms with van der Waals surface area (Å²) in [4.78, 5) is 21.7. The van der Waals surface area contributed by atoms with Crippen LogP contribution < -0.4 is 9.47 Å². The van der Waals surface area contributed by atoms with Crippen LogP contribution in [0.5, 0.6) is 11.5 Å². The molecule has 0 heterocycles. The van der Waals surface area contributed by atoms with E-state index in [-0.39, 0.29) is 6.42 Å². The van der Waals surface area contributed by atoms with Crippen LogP contribution in [-0.2, 0) is 22.6 Å². The van der Waals surface area contributed by atoms with Gasteiger partial charge in [-0.2, -0.15) is 0 Å². The number of Topliss-reactive ketones (excluding diaryl/α,β-unsaturated/α-hetero) is 1. The van der Waals surface area contributed by atoms with Gasteiger partial charge in [-0.25, -0.2) is 4.79 Å². The van der Waals surface area contributed by atoms with E-state index >= 15 is 0 Å². The SMILES string of the molecule is COc1cc(CCC(=O)C(=O)O)ccc1OCc1ccccc1. The van der Waals surface area contributed by atoms with E-state index in [4.69, 9.17) is 14.6 Å². The number of ether oxygens (including phenoxy) is 2. The number of carbonyl (C=O) groups is 2. The highest BCUT2D eigenvalue weighted by Crippen LogP contribution is 2.29. The molecule has 0 atom stereocenters. The Balaban J connectivity index is 2.01. The maximum absolute atomic E-state index is 11.1. The third-order valence-electron chi connectivity index (χ3n) is 3.34. The largest absolute Gasteiger partial charge is 0.493 e. The predicted molar refractivity (Wildman–Crippen MR) is 84.7 cm³/mol. The van der Waals surface area contributed by atoms with E-state index < -0.39 is 11.8 Å². The molecule has 0 bridgehead atoms. The fourth-order valence-corrected chi connectivity index (χ4v) is 2.09. The lowest BCUT2D eigenvalue weighted by molar-refractivity contribution is -0.149. The topological polar surface area (TPSA) is 72.8 Å². The molecule has 0 radical (unpaired) electrons. The molecule has 0 aromatic heterocycles. The first-order chi connectivity index (χ1) is 11.1. The lowest BCUT2D eigenvalue weighted by atomic mass is 10.1. The third kappa shape index (κ3) is 4.85. The molecule has 0 saturated heterocycles. The van der Waals surface area contributed by atoms with E-state index in [1.165, 1.54) is 7.11 Å². The van der Waals surface area contributed by atoms with Gasteiger partial charge >= 0.3 is 5.97 Å². The van der Waals surface area contributed by atoms with E-state index in [2.05, 4.69) is 0 Å². The lowest BCUT2D eigenvalue weighted by Gasteiger charge is -2.12. The minimum atomic E-state index is -1.40. The van der Waals surface area contributed by atoms with Crippen molar-refractivity contribution in [3.63, 3.8) is 0 Å². The van der Waals surface area contributed by atoms with Crippen LogP contribution in [0.1, 0.15) is 17.5 Å². The molecule has 0 saturated carbocycles. The normalized spacial score (nSPS) is 10.1. The summed E-state index contributed by atoms with van der Waals surface area (Å²) >= 11 is 0. The Morgan fingerprint density at radius 2 is 1.74 bits per heavy atom. The van der Waals surface area contributed by atoms with Crippen molar-refractivity contribution in [2.45, 2.75) is 19.4 Å². The van der Waals surface area contributed by atoms with Gasteiger partial charge < -0.3 is 14.6 Å². The Kier molecular flexibility index (Phi) is 5.74. The minimum absolute atomic E-state index is 0.0390. The molecule has 2 aromatic carbocycles. The zero-order chi connectivity index (χ0) is 16.7. The number of rotatable bonds is 8. The second kappa shape index (κ2) is 7.98. The van der Waals surface area contributed by atoms with Crippen LogP contribution in [0.3, 0.4) is 0 Å². The van der Waals surface area contributed by atoms with Crippen LogP contribution >= 0.6 is 0 Å². The van der Waals surface area contributed by atoms with Crippen LogP contribution in [0, 0.1) is 0 Å². The quantitative estimate of drug-likeness (QED) is 0.759. The van der Waals surface area contributed by atoms with Gasteiger partial charge in [0.05, 0.1) is 7.11 Å². The molecule has 5 heteroatoms. The third-order valence-corrected chi connectivity index (χ3v) is 3.34. The predicted octanol–water partition coefficient (Wildman–Crippen LogP) is 2.86. The molecule has 0 unspecified atom stereocenters. The molecule has 5 nitrogen and oxygen atoms in total. The van der Waals surface area contributed by atoms with Crippen molar-refractivity contribution in [1.82, 2.24) is 0 Å². The maximum atomic E-state index is 11.1. The molecule has 0 aliphatic heterocycles. The second-order valence-corrected chi connectivity index (χ2v) is 4.99. The summed E-state index contributed by atoms with van der Waals surface area (Å²) in [5.74, 6) is -1.04. The van der Waals surface area contributed by atoms with E-state index in [0.717, 1.165) is 11.1 Å². The summed E-state index contributed by atoms with van der Waals surface area (Å²) < 4.78 is 11.0. The van der Waals surface area contributed by atoms with Crippen molar-refractivity contribution < 1.29 is 24.2 Å². The summed E-state index contributed by atoms with van der Waals surface area (Å²) in [7, 11) is 1.54. The van der Waals surface area contributed by atoms with Crippen LogP contribution in [0.15, 0.2) is 48.5 Å². The molecule has 2 rings (SSSR count). The Morgan fingerprint density at radius 3 is 2.39 bits per heavy atom. The minimum Gasteiger partial charge on any atom is -0.493 e. The second-order valence-electron chi connectivity index (χ2n) is 4.99. The average molecular weight is 314 g/mol. The van der Waals surface area contributed by atoms with Crippen molar-refractivity contribution in [3.8, 4) is 11.5 Å². The highest BCUT2D eigenvalue weighted by molar-refractivity contribution is 6.32. The number of methoxy groups -OCH3 is 1. The molecule has 0 spiro atoms. The number of hydrogen-bond donors (Lipinski definition) is 1. The van der Waals surface area contributed by atoms with Gasteiger partial charge in [0.1, 0.15) is 6.61 Å². The highest BCUT2D eigenvalue weighted by Gasteiger charge is 2.12. The molecule has 23 heavy (non-hydrogen) atoms. The maximum Gasteiger partial charge on any atom is 0.372 e. The summed E-state index contributed by atoms with van der Waals surface area (Å²) in [6, 6.07) is 15.1. The molecule has 120 valence electrons. The van der Waals surface area contributed by atoms with Crippen LogP contribution in [0.4, 0.5) is 0 Å². The monoisotopic (exact) mass is 314 g/mol. The van der Waals surface area contributed by atoms with Gasteiger partial charge in [0.25, 0.3) is 0 Å². The summed E-state index contributed by atoms with van der Waals surface area (Å²) in [6.07, 6.45) is 0.309. The highest BCUT2D eigenvalue weighted by atomic mass is 16.5.